The maximum atomic E-state index is 13.3. The van der Waals surface area contributed by atoms with Crippen LogP contribution in [0.2, 0.25) is 0 Å². The third kappa shape index (κ3) is 5.60. The Bertz CT molecular complexity index is 1150. The minimum Gasteiger partial charge on any atom is -0.475 e. The zero-order valence-electron chi connectivity index (χ0n) is 17.1. The number of aliphatic hydroxyl groups is 2. The molecule has 0 radical (unpaired) electrons. The Labute approximate surface area is 187 Å². The second-order valence-corrected chi connectivity index (χ2v) is 6.76. The van der Waals surface area contributed by atoms with Crippen LogP contribution < -0.4 is 5.73 Å². The molecule has 0 saturated heterocycles. The summed E-state index contributed by atoms with van der Waals surface area (Å²) < 4.78 is 72.9. The van der Waals surface area contributed by atoms with E-state index in [1.807, 2.05) is 0 Å². The first-order chi connectivity index (χ1) is 15.6. The van der Waals surface area contributed by atoms with Gasteiger partial charge < -0.3 is 21.1 Å². The van der Waals surface area contributed by atoms with Crippen molar-refractivity contribution in [1.82, 2.24) is 19.7 Å². The van der Waals surface area contributed by atoms with Crippen molar-refractivity contribution in [2.45, 2.75) is 24.9 Å². The van der Waals surface area contributed by atoms with Gasteiger partial charge in [-0.15, -0.1) is 0 Å². The lowest BCUT2D eigenvalue weighted by atomic mass is 9.90. The monoisotopic (exact) mass is 493 g/mol. The maximum Gasteiger partial charge on any atom is 0.490 e. The Kier molecular flexibility index (Phi) is 7.52. The van der Waals surface area contributed by atoms with Gasteiger partial charge in [0.2, 0.25) is 5.60 Å². The highest BCUT2D eigenvalue weighted by atomic mass is 19.4. The van der Waals surface area contributed by atoms with Crippen molar-refractivity contribution in [3.8, 4) is 17.1 Å². The third-order valence-corrected chi connectivity index (χ3v) is 4.43. The normalized spacial score (nSPS) is 13.6. The number of nitrogens with zero attached hydrogens (tertiary/aromatic N) is 4. The van der Waals surface area contributed by atoms with E-state index in [1.165, 1.54) is 23.1 Å². The molecule has 1 aromatic carbocycles. The number of nitrogen functional groups attached to an aromatic ring is 1. The second-order valence-electron chi connectivity index (χ2n) is 6.76. The molecule has 15 heteroatoms. The number of hydrogen-bond donors (Lipinski definition) is 4. The zero-order chi connectivity index (χ0) is 25.9. The molecule has 5 N–H and O–H groups in total. The summed E-state index contributed by atoms with van der Waals surface area (Å²) in [7, 11) is 0. The second kappa shape index (κ2) is 9.64. The number of rotatable bonds is 4. The average Bonchev–Trinajstić information content (AvgIpc) is 3.27. The topological polar surface area (TPSA) is 147 Å². The molecule has 9 nitrogen and oxygen atoms in total. The fourth-order valence-corrected chi connectivity index (χ4v) is 2.58. The summed E-state index contributed by atoms with van der Waals surface area (Å²) in [5.74, 6) is -2.44. The fourth-order valence-electron chi connectivity index (χ4n) is 2.58. The standard InChI is InChI=1S/C17H16F3N5O2.C2HF3O2/c1-10-3-4-11(16(27,9-26)17(18,19)20)7-12(10)13-8-22-14(21)15(24-13)25-6-2-5-23-25;3-2(4,5)1(6)7/h2-8,26-27H,9H2,1H3,(H2,21,22);(H,6,7). The van der Waals surface area contributed by atoms with Gasteiger partial charge in [-0.2, -0.15) is 31.4 Å². The summed E-state index contributed by atoms with van der Waals surface area (Å²) in [5.41, 5.74) is 3.09. The van der Waals surface area contributed by atoms with Gasteiger partial charge in [0.25, 0.3) is 0 Å². The number of aliphatic carboxylic acids is 1. The Morgan fingerprint density at radius 3 is 2.26 bits per heavy atom. The van der Waals surface area contributed by atoms with Crippen LogP contribution in [0.5, 0.6) is 0 Å². The van der Waals surface area contributed by atoms with E-state index >= 15 is 0 Å². The van der Waals surface area contributed by atoms with E-state index < -0.39 is 36.1 Å². The van der Waals surface area contributed by atoms with Gasteiger partial charge in [0.1, 0.15) is 0 Å². The van der Waals surface area contributed by atoms with Crippen LogP contribution in [0.4, 0.5) is 32.2 Å². The van der Waals surface area contributed by atoms with Crippen molar-refractivity contribution in [3.63, 3.8) is 0 Å². The lowest BCUT2D eigenvalue weighted by Gasteiger charge is -2.29. The summed E-state index contributed by atoms with van der Waals surface area (Å²) >= 11 is 0. The Morgan fingerprint density at radius 2 is 1.79 bits per heavy atom. The van der Waals surface area contributed by atoms with Gasteiger partial charge >= 0.3 is 18.3 Å². The predicted molar refractivity (Wildman–Crippen MR) is 104 cm³/mol. The number of benzene rings is 1. The van der Waals surface area contributed by atoms with Crippen LogP contribution in [0.25, 0.3) is 17.1 Å². The number of anilines is 1. The van der Waals surface area contributed by atoms with Crippen molar-refractivity contribution >= 4 is 11.8 Å². The van der Waals surface area contributed by atoms with E-state index in [2.05, 4.69) is 15.1 Å². The van der Waals surface area contributed by atoms with Crippen LogP contribution in [0.3, 0.4) is 0 Å². The minimum absolute atomic E-state index is 0.0958. The van der Waals surface area contributed by atoms with Gasteiger partial charge in [0, 0.05) is 18.0 Å². The Morgan fingerprint density at radius 1 is 1.18 bits per heavy atom. The van der Waals surface area contributed by atoms with E-state index in [0.717, 1.165) is 12.1 Å². The number of alkyl halides is 6. The highest BCUT2D eigenvalue weighted by Gasteiger charge is 2.54. The maximum absolute atomic E-state index is 13.3. The van der Waals surface area contributed by atoms with Gasteiger partial charge in [-0.25, -0.2) is 19.4 Å². The van der Waals surface area contributed by atoms with Gasteiger partial charge in [-0.05, 0) is 30.2 Å². The molecule has 0 fully saturated rings. The molecule has 0 saturated carbocycles. The quantitative estimate of drug-likeness (QED) is 0.406. The molecule has 3 aromatic rings. The van der Waals surface area contributed by atoms with E-state index in [-0.39, 0.29) is 17.3 Å². The average molecular weight is 493 g/mol. The first kappa shape index (κ1) is 26.5. The van der Waals surface area contributed by atoms with Crippen LogP contribution in [0.1, 0.15) is 11.1 Å². The molecule has 1 atom stereocenters. The smallest absolute Gasteiger partial charge is 0.475 e. The molecule has 2 aromatic heterocycles. The zero-order valence-corrected chi connectivity index (χ0v) is 17.1. The van der Waals surface area contributed by atoms with E-state index in [1.54, 1.807) is 19.2 Å². The largest absolute Gasteiger partial charge is 0.490 e. The summed E-state index contributed by atoms with van der Waals surface area (Å²) in [6.07, 6.45) is -5.70. The number of aromatic nitrogens is 4. The molecule has 1 unspecified atom stereocenters. The molecule has 0 aliphatic carbocycles. The molecule has 0 aliphatic heterocycles. The molecule has 2 heterocycles. The summed E-state index contributed by atoms with van der Waals surface area (Å²) in [5, 5.41) is 30.3. The lowest BCUT2D eigenvalue weighted by molar-refractivity contribution is -0.277. The number of halogens is 6. The van der Waals surface area contributed by atoms with Gasteiger partial charge in [-0.3, -0.25) is 0 Å². The lowest BCUT2D eigenvalue weighted by Crippen LogP contribution is -2.45. The fraction of sp³-hybridized carbons (Fsp3) is 0.263. The highest BCUT2D eigenvalue weighted by molar-refractivity contribution is 5.73. The van der Waals surface area contributed by atoms with Crippen LogP contribution in [0, 0.1) is 6.92 Å². The van der Waals surface area contributed by atoms with E-state index in [9.17, 15) is 36.6 Å². The Hall–Kier alpha value is -3.72. The first-order valence-electron chi connectivity index (χ1n) is 9.06. The van der Waals surface area contributed by atoms with Crippen LogP contribution in [-0.4, -0.2) is 60.0 Å². The van der Waals surface area contributed by atoms with Crippen LogP contribution in [-0.2, 0) is 10.4 Å². The SMILES string of the molecule is Cc1ccc(C(O)(CO)C(F)(F)F)cc1-c1cnc(N)c(-n2cccn2)n1.O=C(O)C(F)(F)F. The molecule has 0 spiro atoms. The highest BCUT2D eigenvalue weighted by Crippen LogP contribution is 2.40. The van der Waals surface area contributed by atoms with E-state index in [4.69, 9.17) is 15.6 Å². The third-order valence-electron chi connectivity index (χ3n) is 4.43. The molecule has 0 bridgehead atoms. The van der Waals surface area contributed by atoms with Crippen molar-refractivity contribution in [2.75, 3.05) is 12.3 Å². The molecule has 184 valence electrons. The number of aryl methyl sites for hydroxylation is 1. The van der Waals surface area contributed by atoms with Gasteiger partial charge in [0.05, 0.1) is 18.5 Å². The molecule has 0 aliphatic rings. The van der Waals surface area contributed by atoms with Crippen molar-refractivity contribution in [1.29, 1.82) is 0 Å². The van der Waals surface area contributed by atoms with Gasteiger partial charge in [0.15, 0.2) is 11.6 Å². The Balaban J connectivity index is 0.000000509. The molecular formula is C19H17F6N5O4. The van der Waals surface area contributed by atoms with Crippen molar-refractivity contribution in [3.05, 3.63) is 54.0 Å². The van der Waals surface area contributed by atoms with Gasteiger partial charge in [-0.1, -0.05) is 12.1 Å². The number of carboxylic acids is 1. The van der Waals surface area contributed by atoms with Crippen LogP contribution in [0.15, 0.2) is 42.9 Å². The molecule has 3 rings (SSSR count). The number of carbonyl (C=O) groups is 1. The number of carboxylic acid groups (broad SMARTS) is 1. The molecule has 0 amide bonds. The molecule has 34 heavy (non-hydrogen) atoms. The summed E-state index contributed by atoms with van der Waals surface area (Å²) in [4.78, 5) is 17.3. The van der Waals surface area contributed by atoms with E-state index in [0.29, 0.717) is 11.1 Å². The van der Waals surface area contributed by atoms with Crippen LogP contribution >= 0.6 is 0 Å². The summed E-state index contributed by atoms with van der Waals surface area (Å²) in [6.45, 7) is 0.168. The number of nitrogens with two attached hydrogens (primary N) is 1. The predicted octanol–water partition coefficient (Wildman–Crippen LogP) is 2.60. The number of aliphatic hydroxyl groups excluding tert-OH is 1. The number of hydrogen-bond acceptors (Lipinski definition) is 7. The summed E-state index contributed by atoms with van der Waals surface area (Å²) in [6, 6.07) is 5.31. The molecular weight excluding hydrogens is 476 g/mol. The minimum atomic E-state index is -5.08. The van der Waals surface area contributed by atoms with Crippen molar-refractivity contribution in [2.24, 2.45) is 0 Å². The van der Waals surface area contributed by atoms with Crippen molar-refractivity contribution < 1.29 is 46.5 Å². The first-order valence-corrected chi connectivity index (χ1v) is 9.06.